The Kier molecular flexibility index (Phi) is 46.7. The fourth-order valence-corrected chi connectivity index (χ4v) is 14.5. The number of aromatic nitrogens is 5. The first kappa shape index (κ1) is 113. The molecule has 0 radical (unpaired) electrons. The van der Waals surface area contributed by atoms with Crippen LogP contribution in [0.2, 0.25) is 0 Å². The van der Waals surface area contributed by atoms with E-state index in [2.05, 4.69) is 112 Å². The van der Waals surface area contributed by atoms with Gasteiger partial charge in [-0.3, -0.25) is 87.5 Å². The van der Waals surface area contributed by atoms with Gasteiger partial charge in [-0.15, -0.1) is 15.0 Å². The number of guanidine groups is 2. The topological polar surface area (TPSA) is 747 Å². The average Bonchev–Trinajstić information content (AvgIpc) is 1.74. The molecule has 4 aromatic carbocycles. The second-order valence-corrected chi connectivity index (χ2v) is 34.4. The van der Waals surface area contributed by atoms with Crippen molar-refractivity contribution in [1.29, 1.82) is 10.8 Å². The number of unbranched alkanes of at least 4 members (excludes halogenated alkanes) is 2. The van der Waals surface area contributed by atoms with Crippen LogP contribution in [-0.2, 0) is 91.2 Å². The number of rotatable bonds is 61. The highest BCUT2D eigenvalue weighted by molar-refractivity contribution is 6.01. The van der Waals surface area contributed by atoms with Gasteiger partial charge in [-0.1, -0.05) is 94.9 Å². The number of hydrogen-bond donors (Lipinski definition) is 26. The zero-order chi connectivity index (χ0) is 103. The minimum atomic E-state index is -1.75. The van der Waals surface area contributed by atoms with E-state index in [0.29, 0.717) is 39.0 Å². The number of amides is 16. The van der Waals surface area contributed by atoms with Crippen molar-refractivity contribution in [2.45, 2.75) is 236 Å². The lowest BCUT2D eigenvalue weighted by atomic mass is 10.00. The summed E-state index contributed by atoms with van der Waals surface area (Å²) in [7, 11) is 1.50. The molecular formula is C92H133N27O20. The van der Waals surface area contributed by atoms with E-state index >= 15 is 28.8 Å². The number of tetrazole rings is 1. The number of aromatic amines is 1. The molecule has 0 aliphatic heterocycles. The number of aliphatic hydroxyl groups is 2. The number of carbonyl (C=O) groups excluding carboxylic acids is 16. The summed E-state index contributed by atoms with van der Waals surface area (Å²) in [5, 5.41) is 102. The third-order valence-corrected chi connectivity index (χ3v) is 21.8. The highest BCUT2D eigenvalue weighted by Gasteiger charge is 2.39. The summed E-state index contributed by atoms with van der Waals surface area (Å²) in [6.07, 6.45) is -2.55. The standard InChI is InChI=1S/C92H133N27O20/c1-50(2)43-68(104-54(8)122)88(136)115-75(53(7)121)89(137)113-71(45-55-21-11-10-12-22-55)85(133)107-63(25-15-17-39-99-78(126)52(5)6)79(127)105-66(28-20-42-102-92(97)98)81(129)111-70(46-56-29-33-59(123)34-30-56)86(134)112-72(47-57-48-103-62-24-14-13-23-61(57)62)87(135)108-65(27-19-41-101-91(95)96)80(128)109-67(37-38-74(93)124)83(131)110-69(44-51(3)4)84(132)106-64(82(130)114-73(49-120)76(94)125)26-16-18-40-100-90(138)77-116-118-119(117-77)58-31-35-60(139-9)36-32-58/h10-14,21-24,29-36,48,50-51,53,63-73,75,103,120-121,123H,5,15-20,25-28,37-47,49H2,1-4,6-9H3,(H2,93,124)(H2,94,125)(H,99,126)(H,100,138)(H,104,122)(H,105,127)(H,106,132)(H,107,133)(H,108,135)(H,109,128)(H,110,131)(H,111,129)(H,112,134)(H,113,137)(H,114,130)(H,115,136)(H4,95,96,101)(H4,97,98,102)/t53-,63+,64+,65+,66+,67+,68+,69+,70+,71+,72+,73+,75+/m1/s1. The first-order valence-electron chi connectivity index (χ1n) is 45.7. The van der Waals surface area contributed by atoms with Crippen molar-refractivity contribution in [2.75, 3.05) is 39.9 Å². The van der Waals surface area contributed by atoms with E-state index in [4.69, 9.17) is 38.5 Å². The van der Waals surface area contributed by atoms with Crippen LogP contribution < -0.4 is 113 Å². The molecule has 2 aromatic heterocycles. The fraction of sp³-hybridized carbons (Fsp3) is 0.489. The van der Waals surface area contributed by atoms with Gasteiger partial charge in [-0.2, -0.15) is 0 Å². The van der Waals surface area contributed by atoms with Crippen molar-refractivity contribution in [2.24, 2.45) is 34.8 Å². The molecule has 0 saturated carbocycles. The summed E-state index contributed by atoms with van der Waals surface area (Å²) in [5.41, 5.74) is 25.0. The Balaban J connectivity index is 1.34. The number of ether oxygens (including phenoxy) is 1. The molecule has 16 amide bonds. The van der Waals surface area contributed by atoms with Crippen LogP contribution in [0.3, 0.4) is 0 Å². The van der Waals surface area contributed by atoms with Crippen molar-refractivity contribution >= 4 is 117 Å². The first-order valence-corrected chi connectivity index (χ1v) is 45.7. The number of fused-ring (bicyclic) bond motifs is 1. The molecule has 0 spiro atoms. The third-order valence-electron chi connectivity index (χ3n) is 21.8. The van der Waals surface area contributed by atoms with Crippen LogP contribution in [0.1, 0.15) is 166 Å². The van der Waals surface area contributed by atoms with Crippen LogP contribution in [0.25, 0.3) is 16.6 Å². The van der Waals surface area contributed by atoms with Crippen molar-refractivity contribution in [3.8, 4) is 17.2 Å². The summed E-state index contributed by atoms with van der Waals surface area (Å²) in [6, 6.07) is 8.11. The molecular weight excluding hydrogens is 1800 g/mol. The monoisotopic (exact) mass is 1940 g/mol. The molecule has 0 saturated heterocycles. The van der Waals surface area contributed by atoms with Gasteiger partial charge in [0.15, 0.2) is 11.9 Å². The molecule has 6 rings (SSSR count). The zero-order valence-corrected chi connectivity index (χ0v) is 79.2. The molecule has 47 heteroatoms. The first-order chi connectivity index (χ1) is 66.0. The van der Waals surface area contributed by atoms with E-state index in [9.17, 15) is 63.3 Å². The van der Waals surface area contributed by atoms with Crippen molar-refractivity contribution in [1.82, 2.24) is 110 Å². The smallest absolute Gasteiger partial charge is 0.292 e. The van der Waals surface area contributed by atoms with E-state index in [1.807, 2.05) is 0 Å². The summed E-state index contributed by atoms with van der Waals surface area (Å²) in [4.78, 5) is 231. The number of methoxy groups -OCH3 is 1. The highest BCUT2D eigenvalue weighted by Crippen LogP contribution is 2.22. The molecule has 2 heterocycles. The van der Waals surface area contributed by atoms with Crippen LogP contribution in [0.5, 0.6) is 11.5 Å². The number of hydrogen-bond acceptors (Lipinski definition) is 25. The lowest BCUT2D eigenvalue weighted by Gasteiger charge is -2.29. The van der Waals surface area contributed by atoms with E-state index in [-0.39, 0.29) is 139 Å². The Morgan fingerprint density at radius 3 is 1.33 bits per heavy atom. The number of benzene rings is 4. The zero-order valence-electron chi connectivity index (χ0n) is 79.2. The van der Waals surface area contributed by atoms with E-state index in [1.165, 1.54) is 52.1 Å². The van der Waals surface area contributed by atoms with Gasteiger partial charge in [0.05, 0.1) is 25.5 Å². The maximum Gasteiger partial charge on any atom is 0.292 e. The maximum absolute atomic E-state index is 15.7. The average molecular weight is 1940 g/mol. The lowest BCUT2D eigenvalue weighted by Crippen LogP contribution is -2.62. The molecule has 30 N–H and O–H groups in total. The predicted octanol–water partition coefficient (Wildman–Crippen LogP) is -3.07. The van der Waals surface area contributed by atoms with E-state index < -0.39 is 217 Å². The van der Waals surface area contributed by atoms with Crippen LogP contribution in [0.15, 0.2) is 121 Å². The van der Waals surface area contributed by atoms with Gasteiger partial charge in [0.25, 0.3) is 11.7 Å². The number of aliphatic hydroxyl groups excluding tert-OH is 2. The molecule has 139 heavy (non-hydrogen) atoms. The number of primary amides is 2. The number of nitrogens with zero attached hydrogens (tertiary/aromatic N) is 4. The van der Waals surface area contributed by atoms with Gasteiger partial charge in [0.1, 0.15) is 84.0 Å². The van der Waals surface area contributed by atoms with Gasteiger partial charge >= 0.3 is 0 Å². The van der Waals surface area contributed by atoms with Crippen LogP contribution in [-0.4, -0.2) is 265 Å². The quantitative estimate of drug-likeness (QED) is 0.00780. The third kappa shape index (κ3) is 39.6. The summed E-state index contributed by atoms with van der Waals surface area (Å²) < 4.78 is 5.19. The van der Waals surface area contributed by atoms with Crippen molar-refractivity contribution < 1.29 is 96.8 Å². The molecule has 756 valence electrons. The number of nitrogens with one attached hydrogen (secondary N) is 19. The molecule has 13 atom stereocenters. The largest absolute Gasteiger partial charge is 0.508 e. The maximum atomic E-state index is 15.7. The number of nitrogens with two attached hydrogens (primary N) is 4. The molecule has 0 unspecified atom stereocenters. The molecule has 47 nitrogen and oxygen atoms in total. The van der Waals surface area contributed by atoms with Crippen molar-refractivity contribution in [3.63, 3.8) is 0 Å². The number of carbonyl (C=O) groups is 16. The Bertz CT molecular complexity index is 5190. The Labute approximate surface area is 803 Å². The minimum Gasteiger partial charge on any atom is -0.508 e. The Morgan fingerprint density at radius 2 is 0.871 bits per heavy atom. The van der Waals surface area contributed by atoms with E-state index in [1.54, 1.807) is 113 Å². The lowest BCUT2D eigenvalue weighted by molar-refractivity contribution is -0.137. The Hall–Kier alpha value is -15.2. The van der Waals surface area contributed by atoms with E-state index in [0.717, 1.165) is 4.80 Å². The number of phenolic OH excluding ortho intramolecular Hbond substituents is 1. The number of aromatic hydroxyl groups is 1. The Morgan fingerprint density at radius 1 is 0.460 bits per heavy atom. The van der Waals surface area contributed by atoms with Gasteiger partial charge in [0.2, 0.25) is 88.6 Å². The molecule has 6 aromatic rings. The van der Waals surface area contributed by atoms with Crippen LogP contribution >= 0.6 is 0 Å². The summed E-state index contributed by atoms with van der Waals surface area (Å²) >= 11 is 0. The second-order valence-electron chi connectivity index (χ2n) is 34.4. The minimum absolute atomic E-state index is 0.00746. The van der Waals surface area contributed by atoms with Gasteiger partial charge in [-0.05, 0) is 174 Å². The van der Waals surface area contributed by atoms with Gasteiger partial charge < -0.3 is 133 Å². The fourth-order valence-electron chi connectivity index (χ4n) is 14.5. The van der Waals surface area contributed by atoms with Crippen LogP contribution in [0, 0.1) is 22.7 Å². The van der Waals surface area contributed by atoms with Crippen molar-refractivity contribution in [3.05, 3.63) is 144 Å². The molecule has 0 bridgehead atoms. The summed E-state index contributed by atoms with van der Waals surface area (Å²) in [6.45, 7) is 13.6. The number of H-pyrrole nitrogens is 1. The molecule has 0 fully saturated rings. The number of para-hydroxylation sites is 1. The normalized spacial score (nSPS) is 13.9. The SMILES string of the molecule is C=C(C)C(=O)NCCCC[C@H](NC(=O)[C@H](Cc1ccccc1)NC(=O)[C@@H](NC(=O)[C@H](CC(C)C)NC(C)=O)[C@@H](C)O)C(=O)N[C@@H](CCCNC(=N)N)C(=O)N[C@@H](Cc1ccc(O)cc1)C(=O)N[C@@H](Cc1c[nH]c2ccccc12)C(=O)N[C@@H](CCCNC(=N)N)C(=O)N[C@@H](CCC(N)=O)C(=O)N[C@@H](CC(C)C)C(=O)N[C@@H](CCCCNC(=O)c1nnn(-c2ccc(OC)cc2)n1)C(=O)N[C@@H](CO)C(N)=O. The highest BCUT2D eigenvalue weighted by atomic mass is 16.5. The second kappa shape index (κ2) is 57.6. The molecule has 0 aliphatic carbocycles. The van der Waals surface area contributed by atoms with Crippen LogP contribution in [0.4, 0.5) is 0 Å². The van der Waals surface area contributed by atoms with Gasteiger partial charge in [0, 0.05) is 81.5 Å². The predicted molar refractivity (Wildman–Crippen MR) is 510 cm³/mol. The molecule has 0 aliphatic rings. The number of phenols is 1. The summed E-state index contributed by atoms with van der Waals surface area (Å²) in [5.74, 6) is -16.2. The van der Waals surface area contributed by atoms with Gasteiger partial charge in [-0.25, -0.2) is 0 Å².